The zero-order valence-corrected chi connectivity index (χ0v) is 26.9. The Morgan fingerprint density at radius 1 is 1.07 bits per heavy atom. The Balaban J connectivity index is 1.40. The second-order valence-corrected chi connectivity index (χ2v) is 19.2. The van der Waals surface area contributed by atoms with Crippen molar-refractivity contribution < 1.29 is 38.1 Å². The molecular weight excluding hydrogens is 558 g/mol. The maximum atomic E-state index is 13.3. The highest BCUT2D eigenvalue weighted by molar-refractivity contribution is 6.76. The summed E-state index contributed by atoms with van der Waals surface area (Å²) in [7, 11) is 0.302. The molecule has 1 unspecified atom stereocenters. The summed E-state index contributed by atoms with van der Waals surface area (Å²) < 4.78 is 23.1. The standard InChI is InChI=1S/C30H45N3O8Si/c1-30(2,3)41-29(37)31-17-22(38-4)15-23(18-31)40-21-8-9-24-20(14-21)16-32(27(24)35)25-10-11-26(34)33(28(25)36)19-39-12-13-42(5,6)7/h8-9,14,22-23,25H,10-13,15-19H2,1-7H3/t22-,23-,25?/m0/s1. The fourth-order valence-electron chi connectivity index (χ4n) is 5.36. The molecule has 12 heteroatoms. The number of rotatable bonds is 9. The lowest BCUT2D eigenvalue weighted by Gasteiger charge is -2.37. The number of amides is 4. The fraction of sp³-hybridized carbons (Fsp3) is 0.667. The summed E-state index contributed by atoms with van der Waals surface area (Å²) >= 11 is 0. The molecule has 1 aromatic carbocycles. The van der Waals surface area contributed by atoms with Crippen LogP contribution in [0.4, 0.5) is 4.79 Å². The van der Waals surface area contributed by atoms with Crippen LogP contribution in [0.15, 0.2) is 18.2 Å². The zero-order valence-electron chi connectivity index (χ0n) is 25.9. The van der Waals surface area contributed by atoms with Crippen LogP contribution in [-0.4, -0.2) is 104 Å². The molecule has 3 aliphatic heterocycles. The largest absolute Gasteiger partial charge is 0.488 e. The molecule has 3 atom stereocenters. The van der Waals surface area contributed by atoms with Crippen LogP contribution in [0.3, 0.4) is 0 Å². The number of piperidine rings is 2. The van der Waals surface area contributed by atoms with Gasteiger partial charge >= 0.3 is 6.09 Å². The van der Waals surface area contributed by atoms with Gasteiger partial charge in [-0.3, -0.25) is 19.3 Å². The van der Waals surface area contributed by atoms with Gasteiger partial charge in [-0.15, -0.1) is 0 Å². The van der Waals surface area contributed by atoms with Crippen molar-refractivity contribution in [3.63, 3.8) is 0 Å². The van der Waals surface area contributed by atoms with Crippen molar-refractivity contribution in [2.45, 2.75) is 96.1 Å². The van der Waals surface area contributed by atoms with E-state index in [0.717, 1.165) is 16.5 Å². The van der Waals surface area contributed by atoms with E-state index in [4.69, 9.17) is 18.9 Å². The minimum atomic E-state index is -1.31. The number of hydrogen-bond donors (Lipinski definition) is 0. The third-order valence-electron chi connectivity index (χ3n) is 7.65. The quantitative estimate of drug-likeness (QED) is 0.237. The molecular formula is C30H45N3O8Si. The van der Waals surface area contributed by atoms with E-state index in [9.17, 15) is 19.2 Å². The van der Waals surface area contributed by atoms with Gasteiger partial charge < -0.3 is 28.7 Å². The lowest BCUT2D eigenvalue weighted by Crippen LogP contribution is -2.55. The normalized spacial score (nSPS) is 23.4. The van der Waals surface area contributed by atoms with Gasteiger partial charge in [0.1, 0.15) is 30.2 Å². The highest BCUT2D eigenvalue weighted by Crippen LogP contribution is 2.32. The van der Waals surface area contributed by atoms with E-state index in [1.54, 1.807) is 29.0 Å². The molecule has 232 valence electrons. The number of methoxy groups -OCH3 is 1. The van der Waals surface area contributed by atoms with Gasteiger partial charge in [-0.05, 0) is 57.0 Å². The first-order valence-corrected chi connectivity index (χ1v) is 18.4. The van der Waals surface area contributed by atoms with Crippen molar-refractivity contribution in [3.8, 4) is 5.75 Å². The summed E-state index contributed by atoms with van der Waals surface area (Å²) in [5.41, 5.74) is 0.651. The minimum Gasteiger partial charge on any atom is -0.488 e. The van der Waals surface area contributed by atoms with Crippen LogP contribution >= 0.6 is 0 Å². The SMILES string of the molecule is CO[C@H]1C[C@H](Oc2ccc3c(c2)CN(C2CCC(=O)N(COCC[Si](C)(C)C)C2=O)C3=O)CN(C(=O)OC(C)(C)C)C1. The number of hydrogen-bond acceptors (Lipinski definition) is 8. The molecule has 2 fully saturated rings. The van der Waals surface area contributed by atoms with E-state index in [2.05, 4.69) is 19.6 Å². The zero-order chi connectivity index (χ0) is 30.8. The van der Waals surface area contributed by atoms with Crippen molar-refractivity contribution >= 4 is 31.9 Å². The van der Waals surface area contributed by atoms with Crippen molar-refractivity contribution in [2.24, 2.45) is 0 Å². The lowest BCUT2D eigenvalue weighted by atomic mass is 10.0. The van der Waals surface area contributed by atoms with Crippen LogP contribution in [-0.2, 0) is 30.3 Å². The molecule has 0 aromatic heterocycles. The third kappa shape index (κ3) is 7.90. The van der Waals surface area contributed by atoms with Crippen molar-refractivity contribution in [1.82, 2.24) is 14.7 Å². The summed E-state index contributed by atoms with van der Waals surface area (Å²) in [6.07, 6.45) is 0.108. The summed E-state index contributed by atoms with van der Waals surface area (Å²) in [5.74, 6) is -0.341. The van der Waals surface area contributed by atoms with Gasteiger partial charge in [0.25, 0.3) is 11.8 Å². The number of imide groups is 1. The van der Waals surface area contributed by atoms with Gasteiger partial charge in [0.2, 0.25) is 5.91 Å². The predicted molar refractivity (Wildman–Crippen MR) is 158 cm³/mol. The van der Waals surface area contributed by atoms with Gasteiger partial charge in [0.15, 0.2) is 0 Å². The maximum absolute atomic E-state index is 13.3. The lowest BCUT2D eigenvalue weighted by molar-refractivity contribution is -0.158. The number of carbonyl (C=O) groups excluding carboxylic acids is 4. The fourth-order valence-corrected chi connectivity index (χ4v) is 6.11. The van der Waals surface area contributed by atoms with Crippen LogP contribution in [0.25, 0.3) is 0 Å². The molecule has 42 heavy (non-hydrogen) atoms. The molecule has 0 aliphatic carbocycles. The Hall–Kier alpha value is -2.96. The Bertz CT molecular complexity index is 1190. The molecule has 0 radical (unpaired) electrons. The number of likely N-dealkylation sites (tertiary alicyclic amines) is 2. The first-order chi connectivity index (χ1) is 19.6. The Morgan fingerprint density at radius 2 is 1.79 bits per heavy atom. The van der Waals surface area contributed by atoms with Gasteiger partial charge in [-0.2, -0.15) is 0 Å². The maximum Gasteiger partial charge on any atom is 0.410 e. The number of benzene rings is 1. The van der Waals surface area contributed by atoms with Crippen molar-refractivity contribution in [3.05, 3.63) is 29.3 Å². The molecule has 2 saturated heterocycles. The molecule has 4 rings (SSSR count). The molecule has 0 spiro atoms. The smallest absolute Gasteiger partial charge is 0.410 e. The van der Waals surface area contributed by atoms with E-state index in [1.165, 1.54) is 0 Å². The van der Waals surface area contributed by atoms with Crippen LogP contribution < -0.4 is 4.74 Å². The predicted octanol–water partition coefficient (Wildman–Crippen LogP) is 3.88. The molecule has 3 aliphatic rings. The Labute approximate surface area is 249 Å². The molecule has 4 amide bonds. The van der Waals surface area contributed by atoms with Gasteiger partial charge in [-0.1, -0.05) is 19.6 Å². The summed E-state index contributed by atoms with van der Waals surface area (Å²) in [5, 5.41) is 0. The van der Waals surface area contributed by atoms with E-state index in [-0.39, 0.29) is 50.1 Å². The number of ether oxygens (including phenoxy) is 4. The first kappa shape index (κ1) is 32.0. The molecule has 3 heterocycles. The van der Waals surface area contributed by atoms with Crippen LogP contribution in [0.5, 0.6) is 5.75 Å². The van der Waals surface area contributed by atoms with E-state index >= 15 is 0 Å². The Morgan fingerprint density at radius 3 is 2.45 bits per heavy atom. The van der Waals surface area contributed by atoms with E-state index in [1.807, 2.05) is 26.8 Å². The van der Waals surface area contributed by atoms with Crippen molar-refractivity contribution in [1.29, 1.82) is 0 Å². The second-order valence-electron chi connectivity index (χ2n) is 13.5. The van der Waals surface area contributed by atoms with Crippen LogP contribution in [0.1, 0.15) is 56.0 Å². The first-order valence-electron chi connectivity index (χ1n) is 14.7. The molecule has 0 saturated carbocycles. The summed E-state index contributed by atoms with van der Waals surface area (Å²) in [4.78, 5) is 56.2. The van der Waals surface area contributed by atoms with Crippen LogP contribution in [0, 0.1) is 0 Å². The highest BCUT2D eigenvalue weighted by Gasteiger charge is 2.43. The summed E-state index contributed by atoms with van der Waals surface area (Å²) in [6, 6.07) is 5.47. The van der Waals surface area contributed by atoms with E-state index in [0.29, 0.717) is 37.4 Å². The number of carbonyl (C=O) groups is 4. The minimum absolute atomic E-state index is 0.0875. The van der Waals surface area contributed by atoms with Gasteiger partial charge in [0.05, 0.1) is 19.2 Å². The number of fused-ring (bicyclic) bond motifs is 1. The monoisotopic (exact) mass is 603 g/mol. The molecule has 0 bridgehead atoms. The number of nitrogens with zero attached hydrogens (tertiary/aromatic N) is 3. The summed E-state index contributed by atoms with van der Waals surface area (Å²) in [6.45, 7) is 13.6. The second kappa shape index (κ2) is 12.7. The van der Waals surface area contributed by atoms with Gasteiger partial charge in [-0.25, -0.2) is 4.79 Å². The van der Waals surface area contributed by atoms with E-state index < -0.39 is 31.7 Å². The molecule has 1 aromatic rings. The highest BCUT2D eigenvalue weighted by atomic mass is 28.3. The Kier molecular flexibility index (Phi) is 9.68. The van der Waals surface area contributed by atoms with Crippen molar-refractivity contribution in [2.75, 3.05) is 33.5 Å². The average Bonchev–Trinajstić information content (AvgIpc) is 3.21. The van der Waals surface area contributed by atoms with Crippen LogP contribution in [0.2, 0.25) is 25.7 Å². The third-order valence-corrected chi connectivity index (χ3v) is 9.35. The molecule has 0 N–H and O–H groups in total. The van der Waals surface area contributed by atoms with Gasteiger partial charge in [0, 0.05) is 46.7 Å². The molecule has 11 nitrogen and oxygen atoms in total. The topological polar surface area (TPSA) is 115 Å². The average molecular weight is 604 g/mol.